The van der Waals surface area contributed by atoms with Crippen LogP contribution in [-0.2, 0) is 9.90 Å². The topological polar surface area (TPSA) is 55.4 Å². The number of ether oxygens (including phenoxy) is 2. The lowest BCUT2D eigenvalue weighted by Crippen LogP contribution is -1.90. The molecule has 4 heteroatoms. The zero-order valence-corrected chi connectivity index (χ0v) is 8.52. The van der Waals surface area contributed by atoms with Crippen molar-refractivity contribution in [3.63, 3.8) is 0 Å². The molecule has 15 heavy (non-hydrogen) atoms. The number of hydrogen-bond donors (Lipinski definition) is 0. The summed E-state index contributed by atoms with van der Waals surface area (Å²) >= 11 is 0. The molecule has 1 rings (SSSR count). The van der Waals surface area contributed by atoms with E-state index in [4.69, 9.17) is 9.47 Å². The van der Waals surface area contributed by atoms with Crippen LogP contribution in [-0.4, -0.2) is 20.2 Å². The zero-order valence-electron chi connectivity index (χ0n) is 8.52. The van der Waals surface area contributed by atoms with Gasteiger partial charge in [0.15, 0.2) is 11.5 Å². The Morgan fingerprint density at radius 2 is 1.87 bits per heavy atom. The zero-order chi connectivity index (χ0) is 11.3. The summed E-state index contributed by atoms with van der Waals surface area (Å²) in [5, 5.41) is 10.2. The molecule has 0 fully saturated rings. The Morgan fingerprint density at radius 1 is 1.20 bits per heavy atom. The molecule has 1 aromatic rings. The van der Waals surface area contributed by atoms with Gasteiger partial charge in [0.2, 0.25) is 0 Å². The van der Waals surface area contributed by atoms with Gasteiger partial charge >= 0.3 is 5.97 Å². The van der Waals surface area contributed by atoms with Crippen LogP contribution < -0.4 is 9.47 Å². The van der Waals surface area contributed by atoms with E-state index in [1.807, 2.05) is 0 Å². The number of benzene rings is 1. The Balaban J connectivity index is 2.97. The molecule has 0 aliphatic carbocycles. The molecule has 0 unspecified atom stereocenters. The van der Waals surface area contributed by atoms with Gasteiger partial charge in [-0.15, -0.1) is 0 Å². The van der Waals surface area contributed by atoms with Crippen molar-refractivity contribution >= 4 is 12.0 Å². The van der Waals surface area contributed by atoms with Gasteiger partial charge in [0.25, 0.3) is 0 Å². The summed E-state index contributed by atoms with van der Waals surface area (Å²) in [7, 11) is 3.05. The van der Waals surface area contributed by atoms with E-state index in [0.717, 1.165) is 6.08 Å². The van der Waals surface area contributed by atoms with Crippen LogP contribution in [0.4, 0.5) is 0 Å². The fourth-order valence-electron chi connectivity index (χ4n) is 1.12. The molecule has 1 radical (unpaired) electrons. The summed E-state index contributed by atoms with van der Waals surface area (Å²) in [4.78, 5) is 10.2. The van der Waals surface area contributed by atoms with Gasteiger partial charge in [-0.3, -0.25) is 0 Å². The van der Waals surface area contributed by atoms with Gasteiger partial charge in [0, 0.05) is 6.08 Å². The molecule has 0 amide bonds. The summed E-state index contributed by atoms with van der Waals surface area (Å²) in [6.07, 6.45) is 2.39. The van der Waals surface area contributed by atoms with Gasteiger partial charge in [-0.25, -0.2) is 9.90 Å². The van der Waals surface area contributed by atoms with E-state index in [9.17, 15) is 9.90 Å². The van der Waals surface area contributed by atoms with Crippen LogP contribution in [0, 0.1) is 0 Å². The van der Waals surface area contributed by atoms with Gasteiger partial charge < -0.3 is 9.47 Å². The van der Waals surface area contributed by atoms with Gasteiger partial charge in [-0.05, 0) is 23.8 Å². The Labute approximate surface area is 87.7 Å². The summed E-state index contributed by atoms with van der Waals surface area (Å²) in [6, 6.07) is 5.10. The van der Waals surface area contributed by atoms with Crippen LogP contribution in [0.3, 0.4) is 0 Å². The summed E-state index contributed by atoms with van der Waals surface area (Å²) in [6.45, 7) is 0. The predicted octanol–water partition coefficient (Wildman–Crippen LogP) is 1.67. The molecule has 0 aromatic heterocycles. The third-order valence-corrected chi connectivity index (χ3v) is 1.82. The van der Waals surface area contributed by atoms with Crippen molar-refractivity contribution < 1.29 is 19.4 Å². The minimum Gasteiger partial charge on any atom is -0.493 e. The summed E-state index contributed by atoms with van der Waals surface area (Å²) in [5.74, 6) is -0.0779. The predicted molar refractivity (Wildman–Crippen MR) is 54.3 cm³/mol. The second-order valence-corrected chi connectivity index (χ2v) is 2.77. The maximum atomic E-state index is 10.2. The highest BCUT2D eigenvalue weighted by Crippen LogP contribution is 2.27. The summed E-state index contributed by atoms with van der Waals surface area (Å²) in [5.41, 5.74) is 0.705. The highest BCUT2D eigenvalue weighted by molar-refractivity contribution is 5.85. The lowest BCUT2D eigenvalue weighted by Gasteiger charge is -2.07. The third kappa shape index (κ3) is 3.02. The van der Waals surface area contributed by atoms with Gasteiger partial charge in [0.05, 0.1) is 14.2 Å². The Hall–Kier alpha value is -1.97. The van der Waals surface area contributed by atoms with Crippen LogP contribution in [0.1, 0.15) is 5.56 Å². The fourth-order valence-corrected chi connectivity index (χ4v) is 1.12. The van der Waals surface area contributed by atoms with Gasteiger partial charge in [0.1, 0.15) is 0 Å². The van der Waals surface area contributed by atoms with Crippen molar-refractivity contribution in [3.05, 3.63) is 29.8 Å². The van der Waals surface area contributed by atoms with E-state index in [1.165, 1.54) is 20.3 Å². The Bertz CT molecular complexity index is 382. The maximum Gasteiger partial charge on any atom is 0.379 e. The molecule has 0 spiro atoms. The molecule has 4 nitrogen and oxygen atoms in total. The molecular formula is C11H11O4. The van der Waals surface area contributed by atoms with E-state index < -0.39 is 5.97 Å². The minimum absolute atomic E-state index is 0.554. The van der Waals surface area contributed by atoms with E-state index in [0.29, 0.717) is 17.1 Å². The number of methoxy groups -OCH3 is 2. The molecule has 0 N–H and O–H groups in total. The molecule has 0 bridgehead atoms. The lowest BCUT2D eigenvalue weighted by atomic mass is 10.2. The van der Waals surface area contributed by atoms with Crippen molar-refractivity contribution in [3.8, 4) is 11.5 Å². The first kappa shape index (κ1) is 11.1. The maximum absolute atomic E-state index is 10.2. The first-order valence-corrected chi connectivity index (χ1v) is 4.28. The van der Waals surface area contributed by atoms with E-state index in [-0.39, 0.29) is 0 Å². The van der Waals surface area contributed by atoms with Crippen molar-refractivity contribution in [2.24, 2.45) is 0 Å². The van der Waals surface area contributed by atoms with Gasteiger partial charge in [-0.2, -0.15) is 0 Å². The van der Waals surface area contributed by atoms with E-state index in [2.05, 4.69) is 0 Å². The van der Waals surface area contributed by atoms with Gasteiger partial charge in [-0.1, -0.05) is 6.07 Å². The molecule has 79 valence electrons. The van der Waals surface area contributed by atoms with E-state index >= 15 is 0 Å². The minimum atomic E-state index is -1.23. The number of rotatable bonds is 4. The number of carbonyl (C=O) groups excluding carboxylic acids is 1. The standard InChI is InChI=1S/C11H11O4/c1-14-9-5-3-8(4-6-11(12)13)7-10(9)15-2/h3-7H,1-2H3. The van der Waals surface area contributed by atoms with Crippen LogP contribution in [0.25, 0.3) is 6.08 Å². The highest BCUT2D eigenvalue weighted by atomic mass is 16.5. The molecule has 0 saturated heterocycles. The van der Waals surface area contributed by atoms with Crippen LogP contribution >= 0.6 is 0 Å². The average molecular weight is 207 g/mol. The molecular weight excluding hydrogens is 196 g/mol. The molecule has 0 aliphatic rings. The monoisotopic (exact) mass is 207 g/mol. The molecule has 0 aliphatic heterocycles. The highest BCUT2D eigenvalue weighted by Gasteiger charge is 2.02. The van der Waals surface area contributed by atoms with Crippen LogP contribution in [0.2, 0.25) is 0 Å². The van der Waals surface area contributed by atoms with E-state index in [1.54, 1.807) is 18.2 Å². The number of hydrogen-bond acceptors (Lipinski definition) is 3. The Morgan fingerprint density at radius 3 is 2.40 bits per heavy atom. The molecule has 0 saturated carbocycles. The van der Waals surface area contributed by atoms with Crippen LogP contribution in [0.15, 0.2) is 24.3 Å². The molecule has 0 heterocycles. The van der Waals surface area contributed by atoms with Crippen molar-refractivity contribution in [1.82, 2.24) is 0 Å². The van der Waals surface area contributed by atoms with Crippen molar-refractivity contribution in [1.29, 1.82) is 0 Å². The Kier molecular flexibility index (Phi) is 3.74. The van der Waals surface area contributed by atoms with Crippen LogP contribution in [0.5, 0.6) is 11.5 Å². The normalized spacial score (nSPS) is 10.3. The SMILES string of the molecule is COc1ccc(C=CC([O])=O)cc1OC. The quantitative estimate of drug-likeness (QED) is 0.706. The largest absolute Gasteiger partial charge is 0.493 e. The smallest absolute Gasteiger partial charge is 0.379 e. The van der Waals surface area contributed by atoms with Crippen molar-refractivity contribution in [2.75, 3.05) is 14.2 Å². The average Bonchev–Trinajstić information content (AvgIpc) is 2.25. The second kappa shape index (κ2) is 5.05. The summed E-state index contributed by atoms with van der Waals surface area (Å²) < 4.78 is 10.1. The molecule has 1 aromatic carbocycles. The van der Waals surface area contributed by atoms with Crippen molar-refractivity contribution in [2.45, 2.75) is 0 Å². The fraction of sp³-hybridized carbons (Fsp3) is 0.182. The third-order valence-electron chi connectivity index (χ3n) is 1.82. The lowest BCUT2D eigenvalue weighted by molar-refractivity contribution is -0.137. The number of carbonyl (C=O) groups is 1. The second-order valence-electron chi connectivity index (χ2n) is 2.77. The first-order valence-electron chi connectivity index (χ1n) is 4.28. The first-order chi connectivity index (χ1) is 7.17. The molecule has 0 atom stereocenters.